The maximum atomic E-state index is 13.6. The highest BCUT2D eigenvalue weighted by Crippen LogP contribution is 2.35. The Balaban J connectivity index is 1.90. The molecule has 92 valence electrons. The maximum absolute atomic E-state index is 13.6. The second-order valence-corrected chi connectivity index (χ2v) is 4.73. The van der Waals surface area contributed by atoms with Gasteiger partial charge < -0.3 is 5.32 Å². The van der Waals surface area contributed by atoms with E-state index in [4.69, 9.17) is 0 Å². The van der Waals surface area contributed by atoms with Gasteiger partial charge in [0, 0.05) is 6.20 Å². The number of fused-ring (bicyclic) bond motifs is 1. The molecule has 1 aliphatic carbocycles. The Kier molecular flexibility index (Phi) is 2.74. The third-order valence-corrected chi connectivity index (χ3v) is 3.58. The number of rotatable bonds is 2. The van der Waals surface area contributed by atoms with Crippen molar-refractivity contribution < 1.29 is 4.39 Å². The molecule has 0 aliphatic heterocycles. The summed E-state index contributed by atoms with van der Waals surface area (Å²) in [6.07, 6.45) is 5.35. The van der Waals surface area contributed by atoms with Gasteiger partial charge in [0.15, 0.2) is 0 Å². The van der Waals surface area contributed by atoms with E-state index in [1.165, 1.54) is 6.07 Å². The quantitative estimate of drug-likeness (QED) is 0.869. The Labute approximate surface area is 106 Å². The second kappa shape index (κ2) is 4.41. The van der Waals surface area contributed by atoms with E-state index in [1.807, 2.05) is 25.3 Å². The van der Waals surface area contributed by atoms with Crippen LogP contribution in [-0.4, -0.2) is 4.98 Å². The molecule has 0 saturated carbocycles. The molecule has 1 unspecified atom stereocenters. The van der Waals surface area contributed by atoms with Crippen molar-refractivity contribution in [3.05, 3.63) is 59.2 Å². The van der Waals surface area contributed by atoms with E-state index >= 15 is 0 Å². The molecule has 18 heavy (non-hydrogen) atoms. The van der Waals surface area contributed by atoms with E-state index in [9.17, 15) is 4.39 Å². The van der Waals surface area contributed by atoms with Gasteiger partial charge in [-0.1, -0.05) is 12.1 Å². The topological polar surface area (TPSA) is 24.9 Å². The predicted molar refractivity (Wildman–Crippen MR) is 70.1 cm³/mol. The molecule has 1 aromatic heterocycles. The lowest BCUT2D eigenvalue weighted by atomic mass is 10.1. The number of nitrogens with one attached hydrogen (secondary N) is 1. The predicted octanol–water partition coefficient (Wildman–Crippen LogP) is 3.63. The zero-order valence-electron chi connectivity index (χ0n) is 10.3. The highest BCUT2D eigenvalue weighted by molar-refractivity contribution is 5.51. The second-order valence-electron chi connectivity index (χ2n) is 4.73. The fourth-order valence-electron chi connectivity index (χ4n) is 2.56. The number of benzene rings is 1. The summed E-state index contributed by atoms with van der Waals surface area (Å²) in [4.78, 5) is 4.12. The summed E-state index contributed by atoms with van der Waals surface area (Å²) in [5.74, 6) is -0.0836. The first kappa shape index (κ1) is 11.2. The van der Waals surface area contributed by atoms with Crippen LogP contribution in [0.3, 0.4) is 0 Å². The summed E-state index contributed by atoms with van der Waals surface area (Å²) in [5.41, 5.74) is 4.13. The van der Waals surface area contributed by atoms with Gasteiger partial charge in [-0.2, -0.15) is 0 Å². The van der Waals surface area contributed by atoms with E-state index in [-0.39, 0.29) is 11.9 Å². The number of halogens is 1. The number of aryl methyl sites for hydroxylation is 1. The van der Waals surface area contributed by atoms with Gasteiger partial charge in [0.1, 0.15) is 5.82 Å². The number of hydrogen-bond acceptors (Lipinski definition) is 2. The molecule has 0 radical (unpaired) electrons. The van der Waals surface area contributed by atoms with Crippen molar-refractivity contribution >= 4 is 5.69 Å². The maximum Gasteiger partial charge on any atom is 0.126 e. The van der Waals surface area contributed by atoms with Crippen LogP contribution in [0.15, 0.2) is 36.7 Å². The molecular formula is C15H15FN2. The summed E-state index contributed by atoms with van der Waals surface area (Å²) in [6, 6.07) is 7.50. The lowest BCUT2D eigenvalue weighted by molar-refractivity contribution is 0.612. The van der Waals surface area contributed by atoms with Crippen LogP contribution in [0, 0.1) is 12.7 Å². The molecule has 0 fully saturated rings. The number of anilines is 1. The summed E-state index contributed by atoms with van der Waals surface area (Å²) in [6.45, 7) is 2.05. The van der Waals surface area contributed by atoms with Crippen molar-refractivity contribution in [1.82, 2.24) is 4.98 Å². The lowest BCUT2D eigenvalue weighted by Gasteiger charge is -2.16. The monoisotopic (exact) mass is 242 g/mol. The van der Waals surface area contributed by atoms with Crippen LogP contribution in [0.2, 0.25) is 0 Å². The summed E-state index contributed by atoms with van der Waals surface area (Å²) in [5, 5.41) is 3.46. The van der Waals surface area contributed by atoms with E-state index in [2.05, 4.69) is 10.3 Å². The molecule has 0 saturated heterocycles. The van der Waals surface area contributed by atoms with Crippen LogP contribution in [-0.2, 0) is 6.42 Å². The number of hydrogen-bond donors (Lipinski definition) is 1. The first-order valence-electron chi connectivity index (χ1n) is 6.20. The van der Waals surface area contributed by atoms with Crippen molar-refractivity contribution in [2.75, 3.05) is 5.32 Å². The standard InChI is InChI=1S/C15H15FN2/c1-10-7-8-17-9-15(10)18-14-6-5-11-12(14)3-2-4-13(11)16/h2-4,7-9,14,18H,5-6H2,1H3. The summed E-state index contributed by atoms with van der Waals surface area (Å²) >= 11 is 0. The van der Waals surface area contributed by atoms with Gasteiger partial charge in [0.05, 0.1) is 17.9 Å². The van der Waals surface area contributed by atoms with E-state index in [0.29, 0.717) is 0 Å². The average molecular weight is 242 g/mol. The van der Waals surface area contributed by atoms with E-state index < -0.39 is 0 Å². The van der Waals surface area contributed by atoms with Gasteiger partial charge in [-0.3, -0.25) is 4.98 Å². The van der Waals surface area contributed by atoms with Gasteiger partial charge in [0.25, 0.3) is 0 Å². The molecule has 3 heteroatoms. The Hall–Kier alpha value is -1.90. The van der Waals surface area contributed by atoms with Crippen LogP contribution < -0.4 is 5.32 Å². The minimum Gasteiger partial charge on any atom is -0.377 e. The molecule has 0 bridgehead atoms. The van der Waals surface area contributed by atoms with Crippen molar-refractivity contribution in [3.8, 4) is 0 Å². The van der Waals surface area contributed by atoms with Gasteiger partial charge in [0.2, 0.25) is 0 Å². The molecule has 1 N–H and O–H groups in total. The Morgan fingerprint density at radius 3 is 3.06 bits per heavy atom. The molecule has 3 rings (SSSR count). The van der Waals surface area contributed by atoms with Crippen LogP contribution in [0.25, 0.3) is 0 Å². The lowest BCUT2D eigenvalue weighted by Crippen LogP contribution is -2.08. The van der Waals surface area contributed by atoms with Crippen LogP contribution >= 0.6 is 0 Å². The van der Waals surface area contributed by atoms with Crippen molar-refractivity contribution in [1.29, 1.82) is 0 Å². The molecule has 2 aromatic rings. The molecule has 0 amide bonds. The van der Waals surface area contributed by atoms with Crippen molar-refractivity contribution in [2.45, 2.75) is 25.8 Å². The Morgan fingerprint density at radius 2 is 2.22 bits per heavy atom. The average Bonchev–Trinajstić information content (AvgIpc) is 2.77. The third kappa shape index (κ3) is 1.86. The molecule has 0 spiro atoms. The first-order chi connectivity index (χ1) is 8.75. The fraction of sp³-hybridized carbons (Fsp3) is 0.267. The van der Waals surface area contributed by atoms with Gasteiger partial charge in [-0.15, -0.1) is 0 Å². The van der Waals surface area contributed by atoms with Crippen LogP contribution in [0.4, 0.5) is 10.1 Å². The van der Waals surface area contributed by atoms with Gasteiger partial charge in [-0.25, -0.2) is 4.39 Å². The normalized spacial score (nSPS) is 17.6. The van der Waals surface area contributed by atoms with Crippen molar-refractivity contribution in [3.63, 3.8) is 0 Å². The highest BCUT2D eigenvalue weighted by Gasteiger charge is 2.24. The van der Waals surface area contributed by atoms with E-state index in [0.717, 1.165) is 35.2 Å². The summed E-state index contributed by atoms with van der Waals surface area (Å²) < 4.78 is 13.6. The molecule has 1 heterocycles. The third-order valence-electron chi connectivity index (χ3n) is 3.58. The summed E-state index contributed by atoms with van der Waals surface area (Å²) in [7, 11) is 0. The molecule has 1 aromatic carbocycles. The highest BCUT2D eigenvalue weighted by atomic mass is 19.1. The van der Waals surface area contributed by atoms with Gasteiger partial charge in [-0.05, 0) is 48.6 Å². The van der Waals surface area contributed by atoms with Crippen LogP contribution in [0.5, 0.6) is 0 Å². The number of nitrogens with zero attached hydrogens (tertiary/aromatic N) is 1. The Bertz CT molecular complexity index is 580. The minimum atomic E-state index is -0.0836. The van der Waals surface area contributed by atoms with E-state index in [1.54, 1.807) is 12.3 Å². The van der Waals surface area contributed by atoms with Crippen molar-refractivity contribution in [2.24, 2.45) is 0 Å². The molecular weight excluding hydrogens is 227 g/mol. The molecule has 1 aliphatic rings. The molecule has 2 nitrogen and oxygen atoms in total. The van der Waals surface area contributed by atoms with Crippen LogP contribution in [0.1, 0.15) is 29.2 Å². The number of aromatic nitrogens is 1. The molecule has 1 atom stereocenters. The zero-order chi connectivity index (χ0) is 12.5. The number of pyridine rings is 1. The zero-order valence-corrected chi connectivity index (χ0v) is 10.3. The Morgan fingerprint density at radius 1 is 1.33 bits per heavy atom. The first-order valence-corrected chi connectivity index (χ1v) is 6.20. The largest absolute Gasteiger partial charge is 0.377 e. The smallest absolute Gasteiger partial charge is 0.126 e. The SMILES string of the molecule is Cc1ccncc1NC1CCc2c(F)cccc21. The fourth-order valence-corrected chi connectivity index (χ4v) is 2.56. The van der Waals surface area contributed by atoms with Gasteiger partial charge >= 0.3 is 0 Å². The minimum absolute atomic E-state index is 0.0836.